The molecule has 0 atom stereocenters. The number of methoxy groups -OCH3 is 1. The number of ether oxygens (including phenoxy) is 1. The Bertz CT molecular complexity index is 398. The van der Waals surface area contributed by atoms with Gasteiger partial charge in [0.05, 0.1) is 13.2 Å². The van der Waals surface area contributed by atoms with Crippen LogP contribution in [-0.2, 0) is 5.54 Å². The Morgan fingerprint density at radius 2 is 2.00 bits per heavy atom. The van der Waals surface area contributed by atoms with Gasteiger partial charge in [0.15, 0.2) is 11.5 Å². The Balaban J connectivity index is 2.24. The first-order chi connectivity index (χ1) is 8.05. The highest BCUT2D eigenvalue weighted by atomic mass is 16.5. The zero-order valence-corrected chi connectivity index (χ0v) is 10.0. The normalized spacial score (nSPS) is 29.0. The number of aliphatic hydroxyl groups excluding tert-OH is 1. The molecule has 4 heteroatoms. The van der Waals surface area contributed by atoms with Crippen LogP contribution in [0.15, 0.2) is 18.2 Å². The lowest BCUT2D eigenvalue weighted by Gasteiger charge is -2.36. The summed E-state index contributed by atoms with van der Waals surface area (Å²) in [7, 11) is 1.52. The number of aromatic hydroxyl groups is 1. The fourth-order valence-corrected chi connectivity index (χ4v) is 2.41. The average molecular weight is 237 g/mol. The van der Waals surface area contributed by atoms with Crippen molar-refractivity contribution in [3.63, 3.8) is 0 Å². The molecule has 0 aliphatic heterocycles. The summed E-state index contributed by atoms with van der Waals surface area (Å²) < 4.78 is 5.01. The number of hydrogen-bond donors (Lipinski definition) is 3. The number of aliphatic hydroxyl groups is 1. The number of rotatable bonds is 2. The van der Waals surface area contributed by atoms with Crippen LogP contribution in [0.5, 0.6) is 11.5 Å². The lowest BCUT2D eigenvalue weighted by Crippen LogP contribution is -2.41. The maximum atomic E-state index is 9.76. The number of phenols is 1. The summed E-state index contributed by atoms with van der Waals surface area (Å²) >= 11 is 0. The van der Waals surface area contributed by atoms with Crippen molar-refractivity contribution in [2.24, 2.45) is 5.73 Å². The van der Waals surface area contributed by atoms with Gasteiger partial charge in [-0.05, 0) is 43.4 Å². The highest BCUT2D eigenvalue weighted by Crippen LogP contribution is 2.38. The molecule has 1 fully saturated rings. The maximum absolute atomic E-state index is 9.76. The van der Waals surface area contributed by atoms with Crippen molar-refractivity contribution < 1.29 is 14.9 Å². The molecule has 1 aromatic carbocycles. The highest BCUT2D eigenvalue weighted by Gasteiger charge is 2.33. The van der Waals surface area contributed by atoms with Gasteiger partial charge in [-0.1, -0.05) is 6.07 Å². The summed E-state index contributed by atoms with van der Waals surface area (Å²) in [5.74, 6) is 0.564. The minimum Gasteiger partial charge on any atom is -0.504 e. The monoisotopic (exact) mass is 237 g/mol. The van der Waals surface area contributed by atoms with Gasteiger partial charge in [0.1, 0.15) is 0 Å². The lowest BCUT2D eigenvalue weighted by molar-refractivity contribution is 0.0968. The van der Waals surface area contributed by atoms with E-state index in [9.17, 15) is 10.2 Å². The zero-order valence-electron chi connectivity index (χ0n) is 10.0. The summed E-state index contributed by atoms with van der Waals surface area (Å²) in [4.78, 5) is 0. The molecule has 4 nitrogen and oxygen atoms in total. The van der Waals surface area contributed by atoms with E-state index in [2.05, 4.69) is 0 Å². The van der Waals surface area contributed by atoms with Gasteiger partial charge < -0.3 is 20.7 Å². The lowest BCUT2D eigenvalue weighted by atomic mass is 9.76. The van der Waals surface area contributed by atoms with Crippen molar-refractivity contribution in [1.82, 2.24) is 0 Å². The Hall–Kier alpha value is -1.26. The third-order valence-corrected chi connectivity index (χ3v) is 3.60. The number of benzene rings is 1. The molecule has 0 saturated heterocycles. The van der Waals surface area contributed by atoms with Gasteiger partial charge in [-0.25, -0.2) is 0 Å². The molecule has 17 heavy (non-hydrogen) atoms. The van der Waals surface area contributed by atoms with E-state index >= 15 is 0 Å². The van der Waals surface area contributed by atoms with E-state index in [0.717, 1.165) is 18.4 Å². The Morgan fingerprint density at radius 3 is 2.53 bits per heavy atom. The Kier molecular flexibility index (Phi) is 3.26. The van der Waals surface area contributed by atoms with E-state index in [1.807, 2.05) is 6.07 Å². The second-order valence-electron chi connectivity index (χ2n) is 4.77. The van der Waals surface area contributed by atoms with Gasteiger partial charge in [-0.15, -0.1) is 0 Å². The molecule has 1 aromatic rings. The van der Waals surface area contributed by atoms with Crippen molar-refractivity contribution >= 4 is 0 Å². The molecule has 0 amide bonds. The van der Waals surface area contributed by atoms with Gasteiger partial charge in [0.25, 0.3) is 0 Å². The second kappa shape index (κ2) is 4.55. The Labute approximate surface area is 101 Å². The number of hydrogen-bond acceptors (Lipinski definition) is 4. The summed E-state index contributed by atoms with van der Waals surface area (Å²) in [5, 5.41) is 19.3. The number of nitrogens with two attached hydrogens (primary N) is 1. The van der Waals surface area contributed by atoms with Gasteiger partial charge >= 0.3 is 0 Å². The third kappa shape index (κ3) is 2.37. The average Bonchev–Trinajstić information content (AvgIpc) is 2.33. The maximum Gasteiger partial charge on any atom is 0.160 e. The van der Waals surface area contributed by atoms with E-state index in [1.54, 1.807) is 12.1 Å². The fraction of sp³-hybridized carbons (Fsp3) is 0.538. The topological polar surface area (TPSA) is 75.7 Å². The van der Waals surface area contributed by atoms with Crippen LogP contribution in [0, 0.1) is 0 Å². The van der Waals surface area contributed by atoms with E-state index in [0.29, 0.717) is 18.6 Å². The summed E-state index contributed by atoms with van der Waals surface area (Å²) in [6.07, 6.45) is 2.66. The molecule has 0 spiro atoms. The molecule has 0 radical (unpaired) electrons. The molecular weight excluding hydrogens is 218 g/mol. The summed E-state index contributed by atoms with van der Waals surface area (Å²) in [5.41, 5.74) is 6.80. The van der Waals surface area contributed by atoms with Crippen LogP contribution in [0.1, 0.15) is 31.2 Å². The Morgan fingerprint density at radius 1 is 1.35 bits per heavy atom. The van der Waals surface area contributed by atoms with Crippen LogP contribution in [0.2, 0.25) is 0 Å². The molecule has 1 aliphatic carbocycles. The predicted molar refractivity (Wildman–Crippen MR) is 65.0 cm³/mol. The van der Waals surface area contributed by atoms with Gasteiger partial charge in [0.2, 0.25) is 0 Å². The van der Waals surface area contributed by atoms with Crippen LogP contribution in [-0.4, -0.2) is 23.4 Å². The third-order valence-electron chi connectivity index (χ3n) is 3.60. The molecule has 1 saturated carbocycles. The summed E-state index contributed by atoms with van der Waals surface area (Å²) in [6, 6.07) is 5.27. The van der Waals surface area contributed by atoms with Crippen LogP contribution in [0.25, 0.3) is 0 Å². The molecule has 0 aromatic heterocycles. The molecular formula is C13H19NO3. The molecule has 1 aliphatic rings. The fourth-order valence-electron chi connectivity index (χ4n) is 2.41. The summed E-state index contributed by atoms with van der Waals surface area (Å²) in [6.45, 7) is 0. The predicted octanol–water partition coefficient (Wildman–Crippen LogP) is 1.49. The van der Waals surface area contributed by atoms with E-state index in [-0.39, 0.29) is 11.9 Å². The smallest absolute Gasteiger partial charge is 0.160 e. The van der Waals surface area contributed by atoms with E-state index < -0.39 is 5.54 Å². The van der Waals surface area contributed by atoms with Crippen LogP contribution >= 0.6 is 0 Å². The minimum absolute atomic E-state index is 0.112. The van der Waals surface area contributed by atoms with Gasteiger partial charge in [-0.3, -0.25) is 0 Å². The second-order valence-corrected chi connectivity index (χ2v) is 4.77. The van der Waals surface area contributed by atoms with Crippen LogP contribution < -0.4 is 10.5 Å². The molecule has 0 bridgehead atoms. The minimum atomic E-state index is -0.441. The van der Waals surface area contributed by atoms with Crippen LogP contribution in [0.3, 0.4) is 0 Å². The number of phenolic OH excluding ortho intramolecular Hbond substituents is 1. The standard InChI is InChI=1S/C13H19NO3/c1-17-12-3-2-9(8-11(12)16)13(14)6-4-10(15)5-7-13/h2-3,8,10,15-16H,4-7,14H2,1H3. The van der Waals surface area contributed by atoms with Crippen molar-refractivity contribution in [2.75, 3.05) is 7.11 Å². The molecule has 4 N–H and O–H groups in total. The van der Waals surface area contributed by atoms with Crippen molar-refractivity contribution in [3.8, 4) is 11.5 Å². The molecule has 0 unspecified atom stereocenters. The van der Waals surface area contributed by atoms with Crippen molar-refractivity contribution in [2.45, 2.75) is 37.3 Å². The van der Waals surface area contributed by atoms with Crippen molar-refractivity contribution in [1.29, 1.82) is 0 Å². The SMILES string of the molecule is COc1ccc(C2(N)CCC(O)CC2)cc1O. The van der Waals surface area contributed by atoms with Crippen LogP contribution in [0.4, 0.5) is 0 Å². The zero-order chi connectivity index (χ0) is 12.5. The van der Waals surface area contributed by atoms with Gasteiger partial charge in [-0.2, -0.15) is 0 Å². The van der Waals surface area contributed by atoms with E-state index in [1.165, 1.54) is 7.11 Å². The molecule has 2 rings (SSSR count). The first-order valence-electron chi connectivity index (χ1n) is 5.89. The largest absolute Gasteiger partial charge is 0.504 e. The van der Waals surface area contributed by atoms with Crippen molar-refractivity contribution in [3.05, 3.63) is 23.8 Å². The first-order valence-corrected chi connectivity index (χ1v) is 5.89. The highest BCUT2D eigenvalue weighted by molar-refractivity contribution is 5.44. The quantitative estimate of drug-likeness (QED) is 0.728. The van der Waals surface area contributed by atoms with E-state index in [4.69, 9.17) is 10.5 Å². The van der Waals surface area contributed by atoms with Gasteiger partial charge in [0, 0.05) is 5.54 Å². The molecule has 94 valence electrons. The first kappa shape index (κ1) is 12.2. The molecule has 0 heterocycles.